The van der Waals surface area contributed by atoms with Crippen LogP contribution in [0.15, 0.2) is 18.2 Å². The molecule has 0 aromatic heterocycles. The van der Waals surface area contributed by atoms with Gasteiger partial charge in [0.2, 0.25) is 5.91 Å². The Bertz CT molecular complexity index is 583. The summed E-state index contributed by atoms with van der Waals surface area (Å²) in [6, 6.07) is 3.90. The van der Waals surface area contributed by atoms with Crippen LogP contribution in [0.5, 0.6) is 5.75 Å². The van der Waals surface area contributed by atoms with Crippen molar-refractivity contribution in [3.63, 3.8) is 0 Å². The minimum atomic E-state index is -0.489. The number of methoxy groups -OCH3 is 1. The van der Waals surface area contributed by atoms with Crippen LogP contribution in [-0.2, 0) is 4.79 Å². The second kappa shape index (κ2) is 8.63. The molecule has 1 aromatic carbocycles. The molecule has 1 aliphatic heterocycles. The number of benzene rings is 1. The minimum absolute atomic E-state index is 0.0787. The third-order valence-corrected chi connectivity index (χ3v) is 4.47. The summed E-state index contributed by atoms with van der Waals surface area (Å²) >= 11 is 0. The van der Waals surface area contributed by atoms with E-state index in [2.05, 4.69) is 10.2 Å². The molecular weight excluding hydrogens is 310 g/mol. The summed E-state index contributed by atoms with van der Waals surface area (Å²) in [5.74, 6) is 0.239. The van der Waals surface area contributed by atoms with E-state index >= 15 is 0 Å². The molecule has 1 saturated heterocycles. The first-order chi connectivity index (χ1) is 11.5. The number of hydrogen-bond acceptors (Lipinski definition) is 5. The molecule has 1 N–H and O–H groups in total. The van der Waals surface area contributed by atoms with Crippen molar-refractivity contribution in [3.8, 4) is 5.75 Å². The van der Waals surface area contributed by atoms with Crippen LogP contribution in [0.4, 0.5) is 11.4 Å². The van der Waals surface area contributed by atoms with Crippen molar-refractivity contribution in [2.75, 3.05) is 25.5 Å². The van der Waals surface area contributed by atoms with E-state index in [1.807, 2.05) is 6.92 Å². The summed E-state index contributed by atoms with van der Waals surface area (Å²) in [7, 11) is 1.47. The molecule has 1 atom stereocenters. The van der Waals surface area contributed by atoms with Crippen molar-refractivity contribution in [2.45, 2.75) is 45.1 Å². The number of non-ortho nitro benzene ring substituents is 1. The third-order valence-electron chi connectivity index (χ3n) is 4.47. The van der Waals surface area contributed by atoms with Crippen LogP contribution < -0.4 is 10.1 Å². The number of nitro groups is 1. The molecule has 132 valence electrons. The zero-order valence-electron chi connectivity index (χ0n) is 14.3. The lowest BCUT2D eigenvalue weighted by molar-refractivity contribution is -0.384. The van der Waals surface area contributed by atoms with Gasteiger partial charge >= 0.3 is 0 Å². The second-order valence-corrected chi connectivity index (χ2v) is 6.11. The second-order valence-electron chi connectivity index (χ2n) is 6.11. The zero-order chi connectivity index (χ0) is 17.5. The Kier molecular flexibility index (Phi) is 6.54. The predicted molar refractivity (Wildman–Crippen MR) is 92.4 cm³/mol. The molecule has 7 heteroatoms. The first kappa shape index (κ1) is 18.2. The number of rotatable bonds is 5. The number of ether oxygens (including phenoxy) is 1. The highest BCUT2D eigenvalue weighted by Gasteiger charge is 2.23. The SMILES string of the molecule is COc1ccc([N+](=O)[O-])cc1NC(=O)C(C)N1CCCCCCC1. The van der Waals surface area contributed by atoms with E-state index in [0.29, 0.717) is 11.4 Å². The maximum absolute atomic E-state index is 12.6. The number of anilines is 1. The Labute approximate surface area is 142 Å². The number of nitro benzene ring substituents is 1. The van der Waals surface area contributed by atoms with Crippen LogP contribution in [0.25, 0.3) is 0 Å². The van der Waals surface area contributed by atoms with Gasteiger partial charge in [-0.3, -0.25) is 19.8 Å². The van der Waals surface area contributed by atoms with E-state index in [4.69, 9.17) is 4.74 Å². The van der Waals surface area contributed by atoms with Gasteiger partial charge in [0.15, 0.2) is 0 Å². The summed E-state index contributed by atoms with van der Waals surface area (Å²) in [5.41, 5.74) is 0.251. The molecule has 24 heavy (non-hydrogen) atoms. The third kappa shape index (κ3) is 4.67. The molecule has 0 aliphatic carbocycles. The Morgan fingerprint density at radius 2 is 1.88 bits per heavy atom. The average Bonchev–Trinajstić information content (AvgIpc) is 2.53. The number of carbonyl (C=O) groups excluding carboxylic acids is 1. The van der Waals surface area contributed by atoms with Gasteiger partial charge in [0.25, 0.3) is 5.69 Å². The highest BCUT2D eigenvalue weighted by molar-refractivity contribution is 5.96. The van der Waals surface area contributed by atoms with Gasteiger partial charge in [-0.25, -0.2) is 0 Å². The summed E-state index contributed by atoms with van der Waals surface area (Å²) in [6.45, 7) is 3.68. The van der Waals surface area contributed by atoms with E-state index in [1.165, 1.54) is 44.6 Å². The van der Waals surface area contributed by atoms with Gasteiger partial charge in [0, 0.05) is 12.1 Å². The number of likely N-dealkylation sites (tertiary alicyclic amines) is 1. The molecule has 0 saturated carbocycles. The largest absolute Gasteiger partial charge is 0.495 e. The molecule has 1 heterocycles. The van der Waals surface area contributed by atoms with Crippen LogP contribution in [-0.4, -0.2) is 42.0 Å². The summed E-state index contributed by atoms with van der Waals surface area (Å²) in [5, 5.41) is 13.7. The molecule has 2 rings (SSSR count). The van der Waals surface area contributed by atoms with Crippen molar-refractivity contribution in [3.05, 3.63) is 28.3 Å². The van der Waals surface area contributed by atoms with Crippen molar-refractivity contribution in [2.24, 2.45) is 0 Å². The van der Waals surface area contributed by atoms with E-state index in [9.17, 15) is 14.9 Å². The molecule has 1 amide bonds. The van der Waals surface area contributed by atoms with Crippen LogP contribution in [0.3, 0.4) is 0 Å². The Morgan fingerprint density at radius 1 is 1.25 bits per heavy atom. The number of amides is 1. The standard InChI is InChI=1S/C17H25N3O4/c1-13(19-10-6-4-3-5-7-11-19)17(21)18-15-12-14(20(22)23)8-9-16(15)24-2/h8-9,12-13H,3-7,10-11H2,1-2H3,(H,18,21). The first-order valence-electron chi connectivity index (χ1n) is 8.40. The van der Waals surface area contributed by atoms with E-state index in [1.54, 1.807) is 0 Å². The van der Waals surface area contributed by atoms with Gasteiger partial charge in [-0.15, -0.1) is 0 Å². The average molecular weight is 335 g/mol. The number of nitrogens with one attached hydrogen (secondary N) is 1. The summed E-state index contributed by atoms with van der Waals surface area (Å²) in [6.07, 6.45) is 5.85. The molecule has 7 nitrogen and oxygen atoms in total. The van der Waals surface area contributed by atoms with E-state index in [-0.39, 0.29) is 17.6 Å². The highest BCUT2D eigenvalue weighted by atomic mass is 16.6. The quantitative estimate of drug-likeness (QED) is 0.660. The Morgan fingerprint density at radius 3 is 2.46 bits per heavy atom. The van der Waals surface area contributed by atoms with Gasteiger partial charge < -0.3 is 10.1 Å². The fraction of sp³-hybridized carbons (Fsp3) is 0.588. The Hall–Kier alpha value is -2.15. The normalized spacial score (nSPS) is 17.4. The van der Waals surface area contributed by atoms with Crippen molar-refractivity contribution in [1.29, 1.82) is 0 Å². The molecular formula is C17H25N3O4. The molecule has 0 radical (unpaired) electrons. The van der Waals surface area contributed by atoms with Crippen molar-refractivity contribution in [1.82, 2.24) is 4.90 Å². The molecule has 1 fully saturated rings. The summed E-state index contributed by atoms with van der Waals surface area (Å²) < 4.78 is 5.19. The lowest BCUT2D eigenvalue weighted by Gasteiger charge is -2.29. The number of nitrogens with zero attached hydrogens (tertiary/aromatic N) is 2. The Balaban J connectivity index is 2.09. The monoisotopic (exact) mass is 335 g/mol. The fourth-order valence-electron chi connectivity index (χ4n) is 2.97. The molecule has 1 aliphatic rings. The molecule has 0 spiro atoms. The van der Waals surface area contributed by atoms with Crippen LogP contribution in [0, 0.1) is 10.1 Å². The first-order valence-corrected chi connectivity index (χ1v) is 8.40. The number of hydrogen-bond donors (Lipinski definition) is 1. The fourth-order valence-corrected chi connectivity index (χ4v) is 2.97. The van der Waals surface area contributed by atoms with Crippen LogP contribution in [0.1, 0.15) is 39.0 Å². The van der Waals surface area contributed by atoms with Crippen molar-refractivity contribution >= 4 is 17.3 Å². The van der Waals surface area contributed by atoms with Crippen molar-refractivity contribution < 1.29 is 14.5 Å². The smallest absolute Gasteiger partial charge is 0.271 e. The topological polar surface area (TPSA) is 84.7 Å². The van der Waals surface area contributed by atoms with Gasteiger partial charge in [-0.1, -0.05) is 19.3 Å². The predicted octanol–water partition coefficient (Wildman–Crippen LogP) is 3.20. The molecule has 0 bridgehead atoms. The molecule has 1 unspecified atom stereocenters. The maximum Gasteiger partial charge on any atom is 0.271 e. The highest BCUT2D eigenvalue weighted by Crippen LogP contribution is 2.29. The van der Waals surface area contributed by atoms with Gasteiger partial charge in [0.05, 0.1) is 23.8 Å². The van der Waals surface area contributed by atoms with Crippen LogP contribution in [0.2, 0.25) is 0 Å². The van der Waals surface area contributed by atoms with E-state index < -0.39 is 4.92 Å². The number of carbonyl (C=O) groups is 1. The summed E-state index contributed by atoms with van der Waals surface area (Å²) in [4.78, 5) is 25.2. The van der Waals surface area contributed by atoms with Gasteiger partial charge in [-0.05, 0) is 38.9 Å². The van der Waals surface area contributed by atoms with Gasteiger partial charge in [-0.2, -0.15) is 0 Å². The minimum Gasteiger partial charge on any atom is -0.495 e. The zero-order valence-corrected chi connectivity index (χ0v) is 14.3. The molecule has 1 aromatic rings. The maximum atomic E-state index is 12.6. The lowest BCUT2D eigenvalue weighted by Crippen LogP contribution is -2.43. The lowest BCUT2D eigenvalue weighted by atomic mass is 10.1. The van der Waals surface area contributed by atoms with Gasteiger partial charge in [0.1, 0.15) is 5.75 Å². The van der Waals surface area contributed by atoms with E-state index in [0.717, 1.165) is 25.9 Å². The van der Waals surface area contributed by atoms with Crippen LogP contribution >= 0.6 is 0 Å².